The second-order valence-electron chi connectivity index (χ2n) is 6.43. The first-order valence-electron chi connectivity index (χ1n) is 7.92. The predicted molar refractivity (Wildman–Crippen MR) is 87.0 cm³/mol. The summed E-state index contributed by atoms with van der Waals surface area (Å²) in [7, 11) is 0. The van der Waals surface area contributed by atoms with E-state index in [1.165, 1.54) is 36.9 Å². The van der Waals surface area contributed by atoms with E-state index in [0.29, 0.717) is 0 Å². The fourth-order valence-electron chi connectivity index (χ4n) is 4.27. The Kier molecular flexibility index (Phi) is 3.18. The number of aryl methyl sites for hydroxylation is 1. The molecule has 1 aromatic heterocycles. The topological polar surface area (TPSA) is 12.9 Å². The van der Waals surface area contributed by atoms with Crippen molar-refractivity contribution in [2.24, 2.45) is 0 Å². The molecule has 0 amide bonds. The van der Waals surface area contributed by atoms with Gasteiger partial charge in [0.25, 0.3) is 0 Å². The standard InChI is InChI=1S/C18H21GeN/c1-2-7-15(8-3-1)18-13-16-9-6-12-19(10-4-5-11-19)17(16)14-20-18/h1-3,7-8,13-14H,4-6,9-12H2. The number of pyridine rings is 1. The third-order valence-corrected chi connectivity index (χ3v) is 16.9. The van der Waals surface area contributed by atoms with Gasteiger partial charge in [-0.05, 0) is 0 Å². The first-order valence-corrected chi connectivity index (χ1v) is 13.4. The van der Waals surface area contributed by atoms with Gasteiger partial charge in [-0.15, -0.1) is 0 Å². The molecule has 0 radical (unpaired) electrons. The van der Waals surface area contributed by atoms with E-state index in [0.717, 1.165) is 0 Å². The molecule has 102 valence electrons. The number of hydrogen-bond acceptors (Lipinski definition) is 1. The molecule has 0 unspecified atom stereocenters. The minimum absolute atomic E-state index is 1.17. The van der Waals surface area contributed by atoms with Crippen molar-refractivity contribution in [1.82, 2.24) is 4.98 Å². The normalized spacial score (nSPS) is 20.0. The van der Waals surface area contributed by atoms with E-state index in [9.17, 15) is 0 Å². The first kappa shape index (κ1) is 12.6. The summed E-state index contributed by atoms with van der Waals surface area (Å²) >= 11 is -1.69. The Labute approximate surface area is 123 Å². The molecule has 1 nitrogen and oxygen atoms in total. The van der Waals surface area contributed by atoms with E-state index in [1.807, 2.05) is 0 Å². The van der Waals surface area contributed by atoms with Crippen molar-refractivity contribution >= 4 is 17.7 Å². The molecule has 0 bridgehead atoms. The predicted octanol–water partition coefficient (Wildman–Crippen LogP) is 4.14. The molecule has 0 N–H and O–H groups in total. The van der Waals surface area contributed by atoms with E-state index < -0.39 is 13.3 Å². The summed E-state index contributed by atoms with van der Waals surface area (Å²) in [6.45, 7) is 0. The summed E-state index contributed by atoms with van der Waals surface area (Å²) in [5.41, 5.74) is 4.07. The van der Waals surface area contributed by atoms with Gasteiger partial charge in [0.05, 0.1) is 0 Å². The fraction of sp³-hybridized carbons (Fsp3) is 0.389. The Balaban J connectivity index is 1.78. The van der Waals surface area contributed by atoms with E-state index in [2.05, 4.69) is 42.6 Å². The number of hydrogen-bond donors (Lipinski definition) is 0. The molecular formula is C18H21GeN. The number of rotatable bonds is 1. The van der Waals surface area contributed by atoms with Crippen LogP contribution < -0.4 is 4.40 Å². The van der Waals surface area contributed by atoms with Crippen LogP contribution in [0.5, 0.6) is 0 Å². The Hall–Kier alpha value is -1.09. The molecule has 3 heterocycles. The van der Waals surface area contributed by atoms with E-state index in [4.69, 9.17) is 4.98 Å². The van der Waals surface area contributed by atoms with Crippen LogP contribution in [0.3, 0.4) is 0 Å². The van der Waals surface area contributed by atoms with E-state index in [1.54, 1.807) is 25.7 Å². The van der Waals surface area contributed by atoms with Crippen LogP contribution in [0.15, 0.2) is 42.6 Å². The van der Waals surface area contributed by atoms with Gasteiger partial charge in [0.1, 0.15) is 0 Å². The van der Waals surface area contributed by atoms with Gasteiger partial charge >= 0.3 is 124 Å². The van der Waals surface area contributed by atoms with Crippen LogP contribution in [0.25, 0.3) is 11.3 Å². The second kappa shape index (κ2) is 5.03. The second-order valence-corrected chi connectivity index (χ2v) is 16.1. The van der Waals surface area contributed by atoms with Crippen LogP contribution in [-0.2, 0) is 6.42 Å². The summed E-state index contributed by atoms with van der Waals surface area (Å²) in [5, 5.41) is 4.71. The number of nitrogens with zero attached hydrogens (tertiary/aromatic N) is 1. The maximum atomic E-state index is 4.83. The minimum atomic E-state index is -1.69. The quantitative estimate of drug-likeness (QED) is 0.719. The molecule has 1 saturated heterocycles. The van der Waals surface area contributed by atoms with Gasteiger partial charge in [0.2, 0.25) is 0 Å². The zero-order valence-electron chi connectivity index (χ0n) is 11.9. The Morgan fingerprint density at radius 2 is 1.65 bits per heavy atom. The Morgan fingerprint density at radius 1 is 0.900 bits per heavy atom. The molecule has 1 spiro atoms. The molecule has 2 heteroatoms. The molecule has 0 saturated carbocycles. The number of fused-ring (bicyclic) bond motifs is 2. The Bertz CT molecular complexity index is 615. The maximum absolute atomic E-state index is 4.83. The third kappa shape index (κ3) is 2.03. The van der Waals surface area contributed by atoms with Crippen LogP contribution in [0.2, 0.25) is 15.8 Å². The Morgan fingerprint density at radius 3 is 2.45 bits per heavy atom. The molecule has 0 atom stereocenters. The van der Waals surface area contributed by atoms with Crippen LogP contribution in [0.1, 0.15) is 24.8 Å². The summed E-state index contributed by atoms with van der Waals surface area (Å²) in [6, 6.07) is 13.0. The molecular weight excluding hydrogens is 303 g/mol. The fourth-order valence-corrected chi connectivity index (χ4v) is 15.8. The molecule has 2 aliphatic rings. The third-order valence-electron chi connectivity index (χ3n) is 5.29. The first-order chi connectivity index (χ1) is 9.87. The van der Waals surface area contributed by atoms with Crippen molar-refractivity contribution in [2.45, 2.75) is 41.4 Å². The molecule has 1 fully saturated rings. The van der Waals surface area contributed by atoms with Gasteiger partial charge in [-0.25, -0.2) is 0 Å². The van der Waals surface area contributed by atoms with Crippen molar-refractivity contribution in [2.75, 3.05) is 0 Å². The molecule has 20 heavy (non-hydrogen) atoms. The van der Waals surface area contributed by atoms with Crippen molar-refractivity contribution in [3.63, 3.8) is 0 Å². The molecule has 2 aliphatic heterocycles. The molecule has 0 aliphatic carbocycles. The van der Waals surface area contributed by atoms with Gasteiger partial charge in [-0.2, -0.15) is 0 Å². The zero-order valence-corrected chi connectivity index (χ0v) is 14.0. The van der Waals surface area contributed by atoms with Gasteiger partial charge in [-0.3, -0.25) is 0 Å². The summed E-state index contributed by atoms with van der Waals surface area (Å²) in [6.07, 6.45) is 7.97. The van der Waals surface area contributed by atoms with Gasteiger partial charge in [0, 0.05) is 0 Å². The van der Waals surface area contributed by atoms with E-state index in [-0.39, 0.29) is 0 Å². The molecule has 1 aromatic carbocycles. The average molecular weight is 324 g/mol. The van der Waals surface area contributed by atoms with Gasteiger partial charge in [-0.1, -0.05) is 0 Å². The average Bonchev–Trinajstić information content (AvgIpc) is 2.97. The van der Waals surface area contributed by atoms with Gasteiger partial charge in [0.15, 0.2) is 0 Å². The summed E-state index contributed by atoms with van der Waals surface area (Å²) < 4.78 is 1.76. The van der Waals surface area contributed by atoms with Crippen molar-refractivity contribution in [3.8, 4) is 11.3 Å². The number of aromatic nitrogens is 1. The van der Waals surface area contributed by atoms with Crippen molar-refractivity contribution in [3.05, 3.63) is 48.2 Å². The molecule has 4 rings (SSSR count). The van der Waals surface area contributed by atoms with Crippen LogP contribution in [0, 0.1) is 0 Å². The number of benzene rings is 1. The monoisotopic (exact) mass is 325 g/mol. The molecule has 2 aromatic rings. The summed E-state index contributed by atoms with van der Waals surface area (Å²) in [4.78, 5) is 4.83. The van der Waals surface area contributed by atoms with Crippen LogP contribution in [0.4, 0.5) is 0 Å². The van der Waals surface area contributed by atoms with E-state index >= 15 is 0 Å². The summed E-state index contributed by atoms with van der Waals surface area (Å²) in [5.74, 6) is 0. The van der Waals surface area contributed by atoms with Crippen LogP contribution in [-0.4, -0.2) is 18.3 Å². The van der Waals surface area contributed by atoms with Crippen LogP contribution >= 0.6 is 0 Å². The van der Waals surface area contributed by atoms with Crippen molar-refractivity contribution in [1.29, 1.82) is 0 Å². The van der Waals surface area contributed by atoms with Gasteiger partial charge < -0.3 is 0 Å². The SMILES string of the molecule is c1ccc(-c2cc3[c](cn2)[Ge]2([CH2]CC[CH2]2)[CH2]CC3)cc1. The van der Waals surface area contributed by atoms with Crippen molar-refractivity contribution < 1.29 is 0 Å². The zero-order chi connectivity index (χ0) is 13.4.